The fourth-order valence-electron chi connectivity index (χ4n) is 1.91. The van der Waals surface area contributed by atoms with Crippen LogP contribution in [0.5, 0.6) is 5.75 Å². The molecule has 1 aromatic carbocycles. The summed E-state index contributed by atoms with van der Waals surface area (Å²) in [4.78, 5) is 10.7. The second-order valence-electron chi connectivity index (χ2n) is 3.73. The van der Waals surface area contributed by atoms with Crippen molar-refractivity contribution in [2.45, 2.75) is 18.8 Å². The van der Waals surface area contributed by atoms with Gasteiger partial charge in [0, 0.05) is 11.6 Å². The monoisotopic (exact) mass is 207 g/mol. The molecule has 15 heavy (non-hydrogen) atoms. The van der Waals surface area contributed by atoms with Crippen LogP contribution in [-0.4, -0.2) is 17.7 Å². The predicted octanol–water partition coefficient (Wildman–Crippen LogP) is 1.61. The lowest BCUT2D eigenvalue weighted by molar-refractivity contribution is -0.137. The van der Waals surface area contributed by atoms with Gasteiger partial charge in [-0.05, 0) is 30.2 Å². The van der Waals surface area contributed by atoms with Gasteiger partial charge < -0.3 is 15.6 Å². The van der Waals surface area contributed by atoms with E-state index in [1.165, 1.54) is 0 Å². The van der Waals surface area contributed by atoms with E-state index in [2.05, 4.69) is 0 Å². The quantitative estimate of drug-likeness (QED) is 0.722. The molecular formula is C11H13NO3. The van der Waals surface area contributed by atoms with Crippen molar-refractivity contribution in [3.05, 3.63) is 23.8 Å². The maximum Gasteiger partial charge on any atom is 0.303 e. The van der Waals surface area contributed by atoms with E-state index in [0.29, 0.717) is 12.3 Å². The van der Waals surface area contributed by atoms with E-state index in [9.17, 15) is 4.79 Å². The van der Waals surface area contributed by atoms with Crippen LogP contribution in [0.4, 0.5) is 5.69 Å². The number of nitrogen functional groups attached to an aromatic ring is 1. The number of anilines is 1. The number of hydrogen-bond donors (Lipinski definition) is 2. The first kappa shape index (κ1) is 9.83. The molecule has 4 heteroatoms. The Hall–Kier alpha value is -1.71. The first-order chi connectivity index (χ1) is 7.16. The van der Waals surface area contributed by atoms with Crippen LogP contribution in [-0.2, 0) is 4.79 Å². The zero-order valence-corrected chi connectivity index (χ0v) is 8.27. The topological polar surface area (TPSA) is 72.6 Å². The molecule has 1 atom stereocenters. The maximum absolute atomic E-state index is 10.7. The first-order valence-electron chi connectivity index (χ1n) is 4.91. The standard InChI is InChI=1S/C11H13NO3/c12-8-1-2-10-9(6-8)7(3-4-15-10)5-11(13)14/h1-2,6-7H,3-5,12H2,(H,13,14). The molecular weight excluding hydrogens is 194 g/mol. The molecule has 2 rings (SSSR count). The lowest BCUT2D eigenvalue weighted by Gasteiger charge is -2.24. The van der Waals surface area contributed by atoms with Gasteiger partial charge in [0.1, 0.15) is 5.75 Å². The molecule has 0 spiro atoms. The van der Waals surface area contributed by atoms with Crippen LogP contribution in [0, 0.1) is 0 Å². The lowest BCUT2D eigenvalue weighted by atomic mass is 9.90. The molecule has 80 valence electrons. The van der Waals surface area contributed by atoms with Crippen LogP contribution in [0.25, 0.3) is 0 Å². The molecule has 1 unspecified atom stereocenters. The number of carbonyl (C=O) groups is 1. The van der Waals surface area contributed by atoms with Crippen LogP contribution in [0.3, 0.4) is 0 Å². The SMILES string of the molecule is Nc1ccc2c(c1)C(CC(=O)O)CCO2. The van der Waals surface area contributed by atoms with Gasteiger partial charge in [0.15, 0.2) is 0 Å². The third-order valence-electron chi connectivity index (χ3n) is 2.62. The number of carboxylic acids is 1. The van der Waals surface area contributed by atoms with Gasteiger partial charge in [0.2, 0.25) is 0 Å². The van der Waals surface area contributed by atoms with Gasteiger partial charge >= 0.3 is 5.97 Å². The van der Waals surface area contributed by atoms with Crippen molar-refractivity contribution in [2.75, 3.05) is 12.3 Å². The second-order valence-corrected chi connectivity index (χ2v) is 3.73. The highest BCUT2D eigenvalue weighted by atomic mass is 16.5. The van der Waals surface area contributed by atoms with Gasteiger partial charge in [0.25, 0.3) is 0 Å². The largest absolute Gasteiger partial charge is 0.493 e. The van der Waals surface area contributed by atoms with Crippen LogP contribution < -0.4 is 10.5 Å². The Morgan fingerprint density at radius 1 is 1.60 bits per heavy atom. The van der Waals surface area contributed by atoms with E-state index >= 15 is 0 Å². The molecule has 1 aliphatic rings. The maximum atomic E-state index is 10.7. The van der Waals surface area contributed by atoms with E-state index in [4.69, 9.17) is 15.6 Å². The highest BCUT2D eigenvalue weighted by Gasteiger charge is 2.23. The fraction of sp³-hybridized carbons (Fsp3) is 0.364. The zero-order chi connectivity index (χ0) is 10.8. The van der Waals surface area contributed by atoms with Gasteiger partial charge in [-0.25, -0.2) is 0 Å². The van der Waals surface area contributed by atoms with Crippen LogP contribution in [0.15, 0.2) is 18.2 Å². The predicted molar refractivity (Wildman–Crippen MR) is 56.0 cm³/mol. The molecule has 0 saturated carbocycles. The summed E-state index contributed by atoms with van der Waals surface area (Å²) in [6.07, 6.45) is 0.878. The Morgan fingerprint density at radius 2 is 2.40 bits per heavy atom. The number of benzene rings is 1. The fourth-order valence-corrected chi connectivity index (χ4v) is 1.91. The van der Waals surface area contributed by atoms with E-state index in [1.54, 1.807) is 12.1 Å². The molecule has 4 nitrogen and oxygen atoms in total. The first-order valence-corrected chi connectivity index (χ1v) is 4.91. The van der Waals surface area contributed by atoms with Crippen molar-refractivity contribution in [1.29, 1.82) is 0 Å². The van der Waals surface area contributed by atoms with Crippen molar-refractivity contribution in [3.63, 3.8) is 0 Å². The van der Waals surface area contributed by atoms with Crippen molar-refractivity contribution in [1.82, 2.24) is 0 Å². The molecule has 0 saturated heterocycles. The summed E-state index contributed by atoms with van der Waals surface area (Å²) in [5, 5.41) is 8.79. The van der Waals surface area contributed by atoms with Crippen LogP contribution in [0.1, 0.15) is 24.3 Å². The Labute approximate surface area is 87.7 Å². The molecule has 0 amide bonds. The molecule has 0 aliphatic carbocycles. The van der Waals surface area contributed by atoms with Crippen LogP contribution in [0.2, 0.25) is 0 Å². The van der Waals surface area contributed by atoms with E-state index in [-0.39, 0.29) is 12.3 Å². The number of fused-ring (bicyclic) bond motifs is 1. The minimum Gasteiger partial charge on any atom is -0.493 e. The van der Waals surface area contributed by atoms with Crippen LogP contribution >= 0.6 is 0 Å². The summed E-state index contributed by atoms with van der Waals surface area (Å²) >= 11 is 0. The summed E-state index contributed by atoms with van der Waals surface area (Å²) in [5.74, 6) is 0.00623. The number of rotatable bonds is 2. The number of hydrogen-bond acceptors (Lipinski definition) is 3. The number of ether oxygens (including phenoxy) is 1. The Morgan fingerprint density at radius 3 is 3.13 bits per heavy atom. The lowest BCUT2D eigenvalue weighted by Crippen LogP contribution is -2.17. The molecule has 1 heterocycles. The minimum atomic E-state index is -0.782. The highest BCUT2D eigenvalue weighted by Crippen LogP contribution is 2.36. The minimum absolute atomic E-state index is 0.0229. The van der Waals surface area contributed by atoms with Gasteiger partial charge in [0.05, 0.1) is 13.0 Å². The van der Waals surface area contributed by atoms with Crippen molar-refractivity contribution >= 4 is 11.7 Å². The highest BCUT2D eigenvalue weighted by molar-refractivity contribution is 5.68. The van der Waals surface area contributed by atoms with E-state index in [1.807, 2.05) is 6.07 Å². The molecule has 3 N–H and O–H groups in total. The normalized spacial score (nSPS) is 19.1. The van der Waals surface area contributed by atoms with E-state index < -0.39 is 5.97 Å². The summed E-state index contributed by atoms with van der Waals surface area (Å²) < 4.78 is 5.44. The molecule has 0 aromatic heterocycles. The van der Waals surface area contributed by atoms with Gasteiger partial charge in [-0.3, -0.25) is 4.79 Å². The third-order valence-corrected chi connectivity index (χ3v) is 2.62. The average Bonchev–Trinajstić information content (AvgIpc) is 2.18. The zero-order valence-electron chi connectivity index (χ0n) is 8.27. The average molecular weight is 207 g/mol. The summed E-state index contributed by atoms with van der Waals surface area (Å²) in [5.41, 5.74) is 7.24. The van der Waals surface area contributed by atoms with Crippen molar-refractivity contribution in [2.24, 2.45) is 0 Å². The van der Waals surface area contributed by atoms with Gasteiger partial charge in [-0.2, -0.15) is 0 Å². The van der Waals surface area contributed by atoms with Gasteiger partial charge in [-0.15, -0.1) is 0 Å². The summed E-state index contributed by atoms with van der Waals surface area (Å²) in [6, 6.07) is 5.38. The molecule has 1 aliphatic heterocycles. The Kier molecular flexibility index (Phi) is 2.49. The third kappa shape index (κ3) is 2.03. The smallest absolute Gasteiger partial charge is 0.303 e. The Bertz CT molecular complexity index is 389. The summed E-state index contributed by atoms with van der Waals surface area (Å²) in [6.45, 7) is 0.578. The van der Waals surface area contributed by atoms with Crippen molar-refractivity contribution in [3.8, 4) is 5.75 Å². The molecule has 0 fully saturated rings. The molecule has 1 aromatic rings. The second kappa shape index (κ2) is 3.81. The number of nitrogens with two attached hydrogens (primary N) is 1. The Balaban J connectivity index is 2.32. The van der Waals surface area contributed by atoms with Crippen molar-refractivity contribution < 1.29 is 14.6 Å². The number of aliphatic carboxylic acids is 1. The van der Waals surface area contributed by atoms with E-state index in [0.717, 1.165) is 17.7 Å². The summed E-state index contributed by atoms with van der Waals surface area (Å²) in [7, 11) is 0. The molecule has 0 bridgehead atoms. The molecule has 0 radical (unpaired) electrons. The van der Waals surface area contributed by atoms with Gasteiger partial charge in [-0.1, -0.05) is 0 Å². The number of carboxylic acid groups (broad SMARTS) is 1.